The van der Waals surface area contributed by atoms with E-state index in [2.05, 4.69) is 10.1 Å². The third-order valence-corrected chi connectivity index (χ3v) is 3.38. The van der Waals surface area contributed by atoms with Gasteiger partial charge in [0, 0.05) is 25.7 Å². The fourth-order valence-electron chi connectivity index (χ4n) is 1.38. The summed E-state index contributed by atoms with van der Waals surface area (Å²) >= 11 is 1.42. The minimum atomic E-state index is 0.0696. The Bertz CT molecular complexity index is 512. The van der Waals surface area contributed by atoms with E-state index in [0.29, 0.717) is 0 Å². The second-order valence-electron chi connectivity index (χ2n) is 3.39. The molecule has 2 aromatic rings. The lowest BCUT2D eigenvalue weighted by molar-refractivity contribution is 0.102. The molecule has 0 aliphatic heterocycles. The van der Waals surface area contributed by atoms with Gasteiger partial charge >= 0.3 is 0 Å². The van der Waals surface area contributed by atoms with E-state index >= 15 is 0 Å². The molecule has 78 valence electrons. The number of carbonyl (C=O) groups is 1. The summed E-state index contributed by atoms with van der Waals surface area (Å²) in [5.74, 6) is 0.0696. The van der Waals surface area contributed by atoms with E-state index < -0.39 is 0 Å². The Morgan fingerprint density at radius 1 is 1.53 bits per heavy atom. The summed E-state index contributed by atoms with van der Waals surface area (Å²) in [6.07, 6.45) is 3.64. The van der Waals surface area contributed by atoms with Gasteiger partial charge in [-0.3, -0.25) is 9.48 Å². The molecule has 4 nitrogen and oxygen atoms in total. The average Bonchev–Trinajstić information content (AvgIpc) is 2.71. The topological polar surface area (TPSA) is 47.8 Å². The lowest BCUT2D eigenvalue weighted by Gasteiger charge is -1.86. The molecule has 0 saturated carbocycles. The first kappa shape index (κ1) is 10.0. The molecule has 2 heterocycles. The zero-order chi connectivity index (χ0) is 11.0. The molecule has 0 N–H and O–H groups in total. The van der Waals surface area contributed by atoms with Crippen LogP contribution < -0.4 is 0 Å². The highest BCUT2D eigenvalue weighted by Gasteiger charge is 2.13. The molecule has 0 saturated heterocycles. The van der Waals surface area contributed by atoms with E-state index in [0.717, 1.165) is 21.1 Å². The molecular formula is C10H11N3OS. The summed E-state index contributed by atoms with van der Waals surface area (Å²) in [6.45, 7) is 3.42. The minimum Gasteiger partial charge on any atom is -0.294 e. The Labute approximate surface area is 91.6 Å². The van der Waals surface area contributed by atoms with Crippen molar-refractivity contribution < 1.29 is 4.79 Å². The third-order valence-electron chi connectivity index (χ3n) is 2.07. The molecule has 0 aliphatic carbocycles. The van der Waals surface area contributed by atoms with Crippen LogP contribution in [0.1, 0.15) is 22.3 Å². The first-order chi connectivity index (χ1) is 7.08. The van der Waals surface area contributed by atoms with Crippen LogP contribution in [-0.2, 0) is 7.05 Å². The molecule has 5 heteroatoms. The number of aryl methyl sites for hydroxylation is 2. The standard InChI is InChI=1S/C10H11N3OS/c1-6-9(7(2)14)15-10(12-6)8-4-11-13(3)5-8/h4-5H,1-3H3. The first-order valence-corrected chi connectivity index (χ1v) is 5.37. The quantitative estimate of drug-likeness (QED) is 0.729. The fraction of sp³-hybridized carbons (Fsp3) is 0.300. The van der Waals surface area contributed by atoms with E-state index in [-0.39, 0.29) is 5.78 Å². The Morgan fingerprint density at radius 2 is 2.27 bits per heavy atom. The molecule has 0 atom stereocenters. The Hall–Kier alpha value is -1.49. The van der Waals surface area contributed by atoms with Crippen LogP contribution in [-0.4, -0.2) is 20.5 Å². The maximum absolute atomic E-state index is 11.3. The number of hydrogen-bond donors (Lipinski definition) is 0. The predicted octanol–water partition coefficient (Wildman–Crippen LogP) is 2.05. The summed E-state index contributed by atoms with van der Waals surface area (Å²) < 4.78 is 1.72. The van der Waals surface area contributed by atoms with Gasteiger partial charge in [0.15, 0.2) is 5.78 Å². The summed E-state index contributed by atoms with van der Waals surface area (Å²) in [6, 6.07) is 0. The summed E-state index contributed by atoms with van der Waals surface area (Å²) in [5, 5.41) is 4.93. The molecule has 0 unspecified atom stereocenters. The van der Waals surface area contributed by atoms with Crippen LogP contribution in [0.15, 0.2) is 12.4 Å². The van der Waals surface area contributed by atoms with Crippen molar-refractivity contribution in [1.82, 2.24) is 14.8 Å². The molecule has 2 rings (SSSR count). The van der Waals surface area contributed by atoms with Crippen molar-refractivity contribution >= 4 is 17.1 Å². The Balaban J connectivity index is 2.46. The highest BCUT2D eigenvalue weighted by Crippen LogP contribution is 2.27. The number of hydrogen-bond acceptors (Lipinski definition) is 4. The molecule has 2 aromatic heterocycles. The molecule has 0 fully saturated rings. The summed E-state index contributed by atoms with van der Waals surface area (Å²) in [5.41, 5.74) is 1.75. The second kappa shape index (κ2) is 3.58. The van der Waals surface area contributed by atoms with E-state index in [9.17, 15) is 4.79 Å². The van der Waals surface area contributed by atoms with Crippen molar-refractivity contribution in [3.05, 3.63) is 23.0 Å². The molecular weight excluding hydrogens is 210 g/mol. The van der Waals surface area contributed by atoms with Crippen LogP contribution in [0.4, 0.5) is 0 Å². The first-order valence-electron chi connectivity index (χ1n) is 4.55. The summed E-state index contributed by atoms with van der Waals surface area (Å²) in [4.78, 5) is 16.4. The molecule has 0 aliphatic rings. The zero-order valence-corrected chi connectivity index (χ0v) is 9.63. The van der Waals surface area contributed by atoms with Gasteiger partial charge in [0.25, 0.3) is 0 Å². The third kappa shape index (κ3) is 1.83. The lowest BCUT2D eigenvalue weighted by Crippen LogP contribution is -1.89. The average molecular weight is 221 g/mol. The zero-order valence-electron chi connectivity index (χ0n) is 8.81. The van der Waals surface area contributed by atoms with Gasteiger partial charge in [0.1, 0.15) is 5.01 Å². The molecule has 0 radical (unpaired) electrons. The van der Waals surface area contributed by atoms with Crippen molar-refractivity contribution in [3.8, 4) is 10.6 Å². The number of nitrogens with zero attached hydrogens (tertiary/aromatic N) is 3. The SMILES string of the molecule is CC(=O)c1sc(-c2cnn(C)c2)nc1C. The van der Waals surface area contributed by atoms with E-state index in [4.69, 9.17) is 0 Å². The van der Waals surface area contributed by atoms with E-state index in [1.54, 1.807) is 17.8 Å². The Morgan fingerprint density at radius 3 is 2.73 bits per heavy atom. The number of Topliss-reactive ketones (excluding diaryl/α,β-unsaturated/α-hetero) is 1. The number of aromatic nitrogens is 3. The van der Waals surface area contributed by atoms with Crippen LogP contribution in [0, 0.1) is 6.92 Å². The van der Waals surface area contributed by atoms with Crippen LogP contribution in [0.5, 0.6) is 0 Å². The van der Waals surface area contributed by atoms with Gasteiger partial charge in [-0.15, -0.1) is 11.3 Å². The van der Waals surface area contributed by atoms with Crippen LogP contribution >= 0.6 is 11.3 Å². The van der Waals surface area contributed by atoms with Gasteiger partial charge in [0.05, 0.1) is 16.8 Å². The van der Waals surface area contributed by atoms with Gasteiger partial charge in [-0.2, -0.15) is 5.10 Å². The molecule has 0 bridgehead atoms. The fourth-order valence-corrected chi connectivity index (χ4v) is 2.31. The molecule has 0 aromatic carbocycles. The molecule has 15 heavy (non-hydrogen) atoms. The second-order valence-corrected chi connectivity index (χ2v) is 4.39. The molecule has 0 amide bonds. The van der Waals surface area contributed by atoms with Gasteiger partial charge in [-0.05, 0) is 6.92 Å². The monoisotopic (exact) mass is 221 g/mol. The Kier molecular flexibility index (Phi) is 2.40. The van der Waals surface area contributed by atoms with E-state index in [1.807, 2.05) is 20.2 Å². The van der Waals surface area contributed by atoms with Crippen molar-refractivity contribution in [2.24, 2.45) is 7.05 Å². The van der Waals surface area contributed by atoms with E-state index in [1.165, 1.54) is 11.3 Å². The van der Waals surface area contributed by atoms with Crippen molar-refractivity contribution in [1.29, 1.82) is 0 Å². The number of thiazole rings is 1. The highest BCUT2D eigenvalue weighted by molar-refractivity contribution is 7.17. The van der Waals surface area contributed by atoms with Crippen LogP contribution in [0.2, 0.25) is 0 Å². The van der Waals surface area contributed by atoms with Crippen molar-refractivity contribution in [3.63, 3.8) is 0 Å². The number of ketones is 1. The van der Waals surface area contributed by atoms with Gasteiger partial charge in [-0.25, -0.2) is 4.98 Å². The van der Waals surface area contributed by atoms with Crippen LogP contribution in [0.25, 0.3) is 10.6 Å². The van der Waals surface area contributed by atoms with Gasteiger partial charge < -0.3 is 0 Å². The number of rotatable bonds is 2. The number of carbonyl (C=O) groups excluding carboxylic acids is 1. The normalized spacial score (nSPS) is 10.6. The molecule has 0 spiro atoms. The highest BCUT2D eigenvalue weighted by atomic mass is 32.1. The van der Waals surface area contributed by atoms with Crippen molar-refractivity contribution in [2.45, 2.75) is 13.8 Å². The van der Waals surface area contributed by atoms with Gasteiger partial charge in [0.2, 0.25) is 0 Å². The minimum absolute atomic E-state index is 0.0696. The smallest absolute Gasteiger partial charge is 0.171 e. The van der Waals surface area contributed by atoms with Crippen molar-refractivity contribution in [2.75, 3.05) is 0 Å². The maximum atomic E-state index is 11.3. The largest absolute Gasteiger partial charge is 0.294 e. The predicted molar refractivity (Wildman–Crippen MR) is 59.1 cm³/mol. The van der Waals surface area contributed by atoms with Gasteiger partial charge in [-0.1, -0.05) is 0 Å². The lowest BCUT2D eigenvalue weighted by atomic mass is 10.3. The maximum Gasteiger partial charge on any atom is 0.171 e. The summed E-state index contributed by atoms with van der Waals surface area (Å²) in [7, 11) is 1.86. The van der Waals surface area contributed by atoms with Crippen LogP contribution in [0.3, 0.4) is 0 Å².